The standard InChI is InChI=1S/C34H46N4O3/c1-6-8-15-35-21-26-9-11-27(12-10-26)28-19-30(33(39)36-22-31-23(3)18-24(4)37-34(31)40)25(5)32(20-28)38(7-2)29-13-16-41-17-14-29/h9-12,18-20,29,35H,6-8,13-17,21-22H2,1-5H3,(H,36,39)(H,37,40). The molecule has 220 valence electrons. The molecule has 4 rings (SSSR count). The summed E-state index contributed by atoms with van der Waals surface area (Å²) in [5, 5.41) is 6.54. The van der Waals surface area contributed by atoms with Crippen LogP contribution in [0.5, 0.6) is 0 Å². The number of nitrogens with one attached hydrogen (secondary N) is 3. The second-order valence-electron chi connectivity index (χ2n) is 11.2. The Morgan fingerprint density at radius 3 is 2.39 bits per heavy atom. The van der Waals surface area contributed by atoms with Gasteiger partial charge in [0.05, 0.1) is 0 Å². The van der Waals surface area contributed by atoms with Crippen molar-refractivity contribution in [2.24, 2.45) is 0 Å². The molecule has 0 unspecified atom stereocenters. The largest absolute Gasteiger partial charge is 0.381 e. The lowest BCUT2D eigenvalue weighted by molar-refractivity contribution is 0.0846. The number of unbranched alkanes of at least 4 members (excludes halogenated alkanes) is 1. The Hall–Kier alpha value is -3.42. The molecule has 2 aromatic carbocycles. The second-order valence-corrected chi connectivity index (χ2v) is 11.2. The van der Waals surface area contributed by atoms with Crippen LogP contribution in [0, 0.1) is 20.8 Å². The van der Waals surface area contributed by atoms with Gasteiger partial charge in [0.15, 0.2) is 0 Å². The van der Waals surface area contributed by atoms with Crippen molar-refractivity contribution in [3.8, 4) is 11.1 Å². The Bertz CT molecular complexity index is 1370. The van der Waals surface area contributed by atoms with Gasteiger partial charge in [0, 0.05) is 61.4 Å². The Labute approximate surface area is 244 Å². The summed E-state index contributed by atoms with van der Waals surface area (Å²) in [6.07, 6.45) is 4.29. The van der Waals surface area contributed by atoms with Crippen molar-refractivity contribution in [3.63, 3.8) is 0 Å². The van der Waals surface area contributed by atoms with Crippen molar-refractivity contribution in [2.45, 2.75) is 79.4 Å². The lowest BCUT2D eigenvalue weighted by Crippen LogP contribution is -2.40. The Balaban J connectivity index is 1.67. The molecule has 1 aliphatic rings. The maximum atomic E-state index is 13.7. The van der Waals surface area contributed by atoms with Crippen LogP contribution in [-0.4, -0.2) is 43.2 Å². The number of aromatic nitrogens is 1. The number of pyridine rings is 1. The average Bonchev–Trinajstić information content (AvgIpc) is 2.97. The van der Waals surface area contributed by atoms with Crippen LogP contribution in [0.1, 0.15) is 77.8 Å². The van der Waals surface area contributed by atoms with E-state index in [0.717, 1.165) is 79.3 Å². The summed E-state index contributed by atoms with van der Waals surface area (Å²) in [7, 11) is 0. The number of rotatable bonds is 12. The topological polar surface area (TPSA) is 86.5 Å². The van der Waals surface area contributed by atoms with E-state index in [1.54, 1.807) is 0 Å². The average molecular weight is 559 g/mol. The summed E-state index contributed by atoms with van der Waals surface area (Å²) in [5.41, 5.74) is 8.10. The molecule has 2 heterocycles. The van der Waals surface area contributed by atoms with Crippen LogP contribution in [0.3, 0.4) is 0 Å². The molecule has 0 bridgehead atoms. The Kier molecular flexibility index (Phi) is 10.8. The molecule has 3 aromatic rings. The first-order chi connectivity index (χ1) is 19.8. The molecule has 1 aliphatic heterocycles. The number of amides is 1. The Morgan fingerprint density at radius 2 is 1.73 bits per heavy atom. The van der Waals surface area contributed by atoms with Crippen molar-refractivity contribution in [1.82, 2.24) is 15.6 Å². The van der Waals surface area contributed by atoms with Crippen LogP contribution in [0.25, 0.3) is 11.1 Å². The fourth-order valence-electron chi connectivity index (χ4n) is 5.74. The van der Waals surface area contributed by atoms with E-state index in [2.05, 4.69) is 64.7 Å². The lowest BCUT2D eigenvalue weighted by Gasteiger charge is -2.37. The zero-order valence-corrected chi connectivity index (χ0v) is 25.4. The normalized spacial score (nSPS) is 13.8. The number of carbonyl (C=O) groups is 1. The predicted octanol–water partition coefficient (Wildman–Crippen LogP) is 5.79. The molecule has 3 N–H and O–H groups in total. The van der Waals surface area contributed by atoms with Crippen molar-refractivity contribution in [3.05, 3.63) is 86.3 Å². The molecule has 0 atom stereocenters. The minimum absolute atomic E-state index is 0.157. The number of anilines is 1. The van der Waals surface area contributed by atoms with Crippen LogP contribution >= 0.6 is 0 Å². The molecule has 1 saturated heterocycles. The quantitative estimate of drug-likeness (QED) is 0.245. The number of benzene rings is 2. The number of hydrogen-bond donors (Lipinski definition) is 3. The summed E-state index contributed by atoms with van der Waals surface area (Å²) < 4.78 is 5.64. The van der Waals surface area contributed by atoms with Crippen molar-refractivity contribution < 1.29 is 9.53 Å². The zero-order valence-electron chi connectivity index (χ0n) is 25.4. The molecule has 1 amide bonds. The first-order valence-corrected chi connectivity index (χ1v) is 15.1. The van der Waals surface area contributed by atoms with Gasteiger partial charge in [-0.1, -0.05) is 37.6 Å². The summed E-state index contributed by atoms with van der Waals surface area (Å²) in [6, 6.07) is 15.1. The van der Waals surface area contributed by atoms with E-state index < -0.39 is 0 Å². The number of ether oxygens (including phenoxy) is 1. The molecule has 41 heavy (non-hydrogen) atoms. The summed E-state index contributed by atoms with van der Waals surface area (Å²) in [5.74, 6) is -0.176. The van der Waals surface area contributed by atoms with E-state index in [1.165, 1.54) is 18.4 Å². The van der Waals surface area contributed by atoms with Crippen molar-refractivity contribution >= 4 is 11.6 Å². The molecule has 7 heteroatoms. The highest BCUT2D eigenvalue weighted by atomic mass is 16.5. The fraction of sp³-hybridized carbons (Fsp3) is 0.471. The van der Waals surface area contributed by atoms with E-state index in [0.29, 0.717) is 17.2 Å². The van der Waals surface area contributed by atoms with E-state index in [4.69, 9.17) is 4.74 Å². The minimum Gasteiger partial charge on any atom is -0.381 e. The zero-order chi connectivity index (χ0) is 29.4. The number of H-pyrrole nitrogens is 1. The number of nitrogens with zero attached hydrogens (tertiary/aromatic N) is 1. The van der Waals surface area contributed by atoms with Crippen LogP contribution in [0.2, 0.25) is 0 Å². The maximum Gasteiger partial charge on any atom is 0.253 e. The van der Waals surface area contributed by atoms with Crippen LogP contribution < -0.4 is 21.1 Å². The van der Waals surface area contributed by atoms with Gasteiger partial charge in [-0.25, -0.2) is 0 Å². The van der Waals surface area contributed by atoms with E-state index in [1.807, 2.05) is 32.9 Å². The van der Waals surface area contributed by atoms with Crippen molar-refractivity contribution in [1.29, 1.82) is 0 Å². The number of hydrogen-bond acceptors (Lipinski definition) is 5. The van der Waals surface area contributed by atoms with Gasteiger partial charge in [0.2, 0.25) is 0 Å². The SMILES string of the molecule is CCCCNCc1ccc(-c2cc(C(=O)NCc3c(C)cc(C)[nH]c3=O)c(C)c(N(CC)C3CCOCC3)c2)cc1. The van der Waals surface area contributed by atoms with Gasteiger partial charge in [0.1, 0.15) is 0 Å². The third-order valence-electron chi connectivity index (χ3n) is 8.15. The molecular formula is C34H46N4O3. The van der Waals surface area contributed by atoms with Gasteiger partial charge in [-0.3, -0.25) is 9.59 Å². The van der Waals surface area contributed by atoms with Crippen LogP contribution in [0.15, 0.2) is 47.3 Å². The molecule has 0 radical (unpaired) electrons. The van der Waals surface area contributed by atoms with E-state index >= 15 is 0 Å². The molecule has 1 aromatic heterocycles. The fourth-order valence-corrected chi connectivity index (χ4v) is 5.74. The maximum absolute atomic E-state index is 13.7. The number of aromatic amines is 1. The lowest BCUT2D eigenvalue weighted by atomic mass is 9.94. The molecule has 1 fully saturated rings. The molecule has 0 saturated carbocycles. The van der Waals surface area contributed by atoms with Gasteiger partial charge in [-0.2, -0.15) is 0 Å². The van der Waals surface area contributed by atoms with E-state index in [-0.39, 0.29) is 18.0 Å². The highest BCUT2D eigenvalue weighted by Crippen LogP contribution is 2.34. The number of carbonyl (C=O) groups excluding carboxylic acids is 1. The molecule has 7 nitrogen and oxygen atoms in total. The minimum atomic E-state index is -0.176. The monoisotopic (exact) mass is 558 g/mol. The van der Waals surface area contributed by atoms with Gasteiger partial charge in [-0.15, -0.1) is 0 Å². The van der Waals surface area contributed by atoms with E-state index in [9.17, 15) is 9.59 Å². The first kappa shape index (κ1) is 30.5. The van der Waals surface area contributed by atoms with Crippen LogP contribution in [0.4, 0.5) is 5.69 Å². The van der Waals surface area contributed by atoms with Gasteiger partial charge >= 0.3 is 0 Å². The molecule has 0 spiro atoms. The predicted molar refractivity (Wildman–Crippen MR) is 168 cm³/mol. The summed E-state index contributed by atoms with van der Waals surface area (Å²) in [4.78, 5) is 31.6. The first-order valence-electron chi connectivity index (χ1n) is 15.1. The third-order valence-corrected chi connectivity index (χ3v) is 8.15. The second kappa shape index (κ2) is 14.5. The Morgan fingerprint density at radius 1 is 1.00 bits per heavy atom. The van der Waals surface area contributed by atoms with Gasteiger partial charge < -0.3 is 25.3 Å². The van der Waals surface area contributed by atoms with Gasteiger partial charge in [0.25, 0.3) is 11.5 Å². The molecule has 0 aliphatic carbocycles. The van der Waals surface area contributed by atoms with Crippen LogP contribution in [-0.2, 0) is 17.8 Å². The summed E-state index contributed by atoms with van der Waals surface area (Å²) in [6.45, 7) is 14.6. The summed E-state index contributed by atoms with van der Waals surface area (Å²) >= 11 is 0. The number of aryl methyl sites for hydroxylation is 2. The molecular weight excluding hydrogens is 512 g/mol. The van der Waals surface area contributed by atoms with Crippen molar-refractivity contribution in [2.75, 3.05) is 31.2 Å². The third kappa shape index (κ3) is 7.66. The smallest absolute Gasteiger partial charge is 0.253 e. The highest BCUT2D eigenvalue weighted by Gasteiger charge is 2.25. The van der Waals surface area contributed by atoms with Gasteiger partial charge in [-0.05, 0) is 99.5 Å². The highest BCUT2D eigenvalue weighted by molar-refractivity contribution is 5.99.